The minimum absolute atomic E-state index is 0.0584. The van der Waals surface area contributed by atoms with Crippen LogP contribution in [0.1, 0.15) is 40.2 Å². The van der Waals surface area contributed by atoms with E-state index in [1.165, 1.54) is 11.1 Å². The van der Waals surface area contributed by atoms with Gasteiger partial charge in [0.2, 0.25) is 0 Å². The van der Waals surface area contributed by atoms with Crippen molar-refractivity contribution in [1.82, 2.24) is 5.32 Å². The summed E-state index contributed by atoms with van der Waals surface area (Å²) < 4.78 is 5.79. The Labute approximate surface area is 121 Å². The Bertz CT molecular complexity index is 604. The number of carbonyl (C=O) groups excluding carboxylic acids is 1. The molecular formula is C15H16BrNO2. The van der Waals surface area contributed by atoms with Crippen molar-refractivity contribution in [2.24, 2.45) is 0 Å². The van der Waals surface area contributed by atoms with Crippen LogP contribution in [0.5, 0.6) is 0 Å². The van der Waals surface area contributed by atoms with Gasteiger partial charge in [-0.25, -0.2) is 0 Å². The third-order valence-corrected chi connectivity index (χ3v) is 3.46. The molecule has 0 spiro atoms. The lowest BCUT2D eigenvalue weighted by Gasteiger charge is -2.16. The molecule has 1 aromatic carbocycles. The largest absolute Gasteiger partial charge is 0.444 e. The summed E-state index contributed by atoms with van der Waals surface area (Å²) in [4.78, 5) is 12.0. The molecule has 2 rings (SSSR count). The zero-order valence-electron chi connectivity index (χ0n) is 11.2. The summed E-state index contributed by atoms with van der Waals surface area (Å²) in [6, 6.07) is 9.51. The summed E-state index contributed by atoms with van der Waals surface area (Å²) in [6.45, 7) is 6.07. The van der Waals surface area contributed by atoms with Crippen LogP contribution in [0.3, 0.4) is 0 Å². The van der Waals surface area contributed by atoms with Gasteiger partial charge in [-0.2, -0.15) is 0 Å². The molecule has 1 N–H and O–H groups in total. The Morgan fingerprint density at radius 1 is 1.26 bits per heavy atom. The Hall–Kier alpha value is -1.55. The highest BCUT2D eigenvalue weighted by molar-refractivity contribution is 9.10. The van der Waals surface area contributed by atoms with Crippen molar-refractivity contribution in [2.75, 3.05) is 0 Å². The van der Waals surface area contributed by atoms with Crippen molar-refractivity contribution in [3.8, 4) is 0 Å². The average molecular weight is 322 g/mol. The van der Waals surface area contributed by atoms with Gasteiger partial charge in [-0.3, -0.25) is 4.79 Å². The number of carbonyl (C=O) groups is 1. The van der Waals surface area contributed by atoms with Crippen LogP contribution >= 0.6 is 15.9 Å². The number of hydrogen-bond acceptors (Lipinski definition) is 2. The molecule has 100 valence electrons. The fourth-order valence-electron chi connectivity index (χ4n) is 2.09. The maximum atomic E-state index is 12.0. The fourth-order valence-corrected chi connectivity index (χ4v) is 2.40. The van der Waals surface area contributed by atoms with Crippen LogP contribution in [0.25, 0.3) is 0 Å². The fraction of sp³-hybridized carbons (Fsp3) is 0.267. The van der Waals surface area contributed by atoms with E-state index in [1.807, 2.05) is 13.0 Å². The zero-order chi connectivity index (χ0) is 14.0. The average Bonchev–Trinajstić information content (AvgIpc) is 2.75. The van der Waals surface area contributed by atoms with E-state index in [4.69, 9.17) is 4.42 Å². The van der Waals surface area contributed by atoms with Crippen LogP contribution in [-0.2, 0) is 0 Å². The molecule has 1 aromatic heterocycles. The van der Waals surface area contributed by atoms with Gasteiger partial charge in [0.1, 0.15) is 0 Å². The molecule has 0 bridgehead atoms. The minimum atomic E-state index is -0.210. The second-order valence-corrected chi connectivity index (χ2v) is 5.44. The highest BCUT2D eigenvalue weighted by atomic mass is 79.9. The number of aryl methyl sites for hydroxylation is 2. The number of amides is 1. The Balaban J connectivity index is 2.12. The molecule has 1 unspecified atom stereocenters. The standard InChI is InChI=1S/C15H16BrNO2/c1-9-4-5-12(10(2)8-9)11(3)17-15(18)13-6-7-14(16)19-13/h4-8,11H,1-3H3,(H,17,18). The molecule has 4 heteroatoms. The van der Waals surface area contributed by atoms with Gasteiger partial charge in [-0.15, -0.1) is 0 Å². The van der Waals surface area contributed by atoms with E-state index >= 15 is 0 Å². The molecule has 0 saturated heterocycles. The first-order valence-electron chi connectivity index (χ1n) is 6.10. The number of benzene rings is 1. The highest BCUT2D eigenvalue weighted by Crippen LogP contribution is 2.20. The van der Waals surface area contributed by atoms with Gasteiger partial charge in [-0.1, -0.05) is 23.8 Å². The molecule has 1 atom stereocenters. The molecule has 0 aliphatic carbocycles. The van der Waals surface area contributed by atoms with Crippen molar-refractivity contribution >= 4 is 21.8 Å². The van der Waals surface area contributed by atoms with Crippen molar-refractivity contribution in [3.63, 3.8) is 0 Å². The van der Waals surface area contributed by atoms with Crippen LogP contribution in [0.15, 0.2) is 39.4 Å². The van der Waals surface area contributed by atoms with E-state index in [2.05, 4.69) is 47.2 Å². The second kappa shape index (κ2) is 5.61. The molecule has 0 saturated carbocycles. The number of furan rings is 1. The summed E-state index contributed by atoms with van der Waals surface area (Å²) in [5, 5.41) is 2.93. The smallest absolute Gasteiger partial charge is 0.287 e. The second-order valence-electron chi connectivity index (χ2n) is 4.66. The molecule has 1 amide bonds. The maximum Gasteiger partial charge on any atom is 0.287 e. The van der Waals surface area contributed by atoms with Crippen LogP contribution in [-0.4, -0.2) is 5.91 Å². The third kappa shape index (κ3) is 3.26. The van der Waals surface area contributed by atoms with Gasteiger partial charge in [0.25, 0.3) is 5.91 Å². The summed E-state index contributed by atoms with van der Waals surface area (Å²) in [7, 11) is 0. The normalized spacial score (nSPS) is 12.2. The van der Waals surface area contributed by atoms with E-state index in [0.717, 1.165) is 5.56 Å². The predicted molar refractivity (Wildman–Crippen MR) is 78.2 cm³/mol. The van der Waals surface area contributed by atoms with E-state index < -0.39 is 0 Å². The first kappa shape index (κ1) is 13.9. The maximum absolute atomic E-state index is 12.0. The third-order valence-electron chi connectivity index (χ3n) is 3.04. The van der Waals surface area contributed by atoms with Gasteiger partial charge < -0.3 is 9.73 Å². The lowest BCUT2D eigenvalue weighted by molar-refractivity contribution is 0.0910. The van der Waals surface area contributed by atoms with Gasteiger partial charge in [0, 0.05) is 0 Å². The van der Waals surface area contributed by atoms with Crippen molar-refractivity contribution in [2.45, 2.75) is 26.8 Å². The van der Waals surface area contributed by atoms with Crippen LogP contribution in [0.4, 0.5) is 0 Å². The van der Waals surface area contributed by atoms with E-state index in [0.29, 0.717) is 10.4 Å². The molecule has 0 aliphatic rings. The molecule has 19 heavy (non-hydrogen) atoms. The number of halogens is 1. The number of rotatable bonds is 3. The van der Waals surface area contributed by atoms with Crippen LogP contribution in [0, 0.1) is 13.8 Å². The van der Waals surface area contributed by atoms with E-state index in [1.54, 1.807) is 12.1 Å². The molecule has 0 aliphatic heterocycles. The van der Waals surface area contributed by atoms with Gasteiger partial charge >= 0.3 is 0 Å². The summed E-state index contributed by atoms with van der Waals surface area (Å²) in [5.74, 6) is 0.0988. The Kier molecular flexibility index (Phi) is 4.10. The lowest BCUT2D eigenvalue weighted by atomic mass is 10.0. The first-order chi connectivity index (χ1) is 8.97. The molecular weight excluding hydrogens is 306 g/mol. The SMILES string of the molecule is Cc1ccc(C(C)NC(=O)c2ccc(Br)o2)c(C)c1. The topological polar surface area (TPSA) is 42.2 Å². The molecule has 2 aromatic rings. The summed E-state index contributed by atoms with van der Waals surface area (Å²) in [5.41, 5.74) is 3.51. The minimum Gasteiger partial charge on any atom is -0.444 e. The summed E-state index contributed by atoms with van der Waals surface area (Å²) in [6.07, 6.45) is 0. The Morgan fingerprint density at radius 2 is 2.00 bits per heavy atom. The number of nitrogens with one attached hydrogen (secondary N) is 1. The van der Waals surface area contributed by atoms with Crippen LogP contribution in [0.2, 0.25) is 0 Å². The van der Waals surface area contributed by atoms with E-state index in [-0.39, 0.29) is 11.9 Å². The highest BCUT2D eigenvalue weighted by Gasteiger charge is 2.15. The van der Waals surface area contributed by atoms with Gasteiger partial charge in [-0.05, 0) is 60.0 Å². The van der Waals surface area contributed by atoms with Gasteiger partial charge in [0.15, 0.2) is 10.4 Å². The Morgan fingerprint density at radius 3 is 2.58 bits per heavy atom. The molecule has 3 nitrogen and oxygen atoms in total. The van der Waals surface area contributed by atoms with Crippen molar-refractivity contribution in [3.05, 3.63) is 57.5 Å². The molecule has 0 fully saturated rings. The first-order valence-corrected chi connectivity index (χ1v) is 6.90. The van der Waals surface area contributed by atoms with Gasteiger partial charge in [0.05, 0.1) is 6.04 Å². The molecule has 0 radical (unpaired) electrons. The molecule has 1 heterocycles. The summed E-state index contributed by atoms with van der Waals surface area (Å²) >= 11 is 3.18. The lowest BCUT2D eigenvalue weighted by Crippen LogP contribution is -2.26. The quantitative estimate of drug-likeness (QED) is 0.922. The van der Waals surface area contributed by atoms with Crippen molar-refractivity contribution in [1.29, 1.82) is 0 Å². The predicted octanol–water partition coefficient (Wildman–Crippen LogP) is 4.15. The number of hydrogen-bond donors (Lipinski definition) is 1. The monoisotopic (exact) mass is 321 g/mol. The van der Waals surface area contributed by atoms with Crippen molar-refractivity contribution < 1.29 is 9.21 Å². The van der Waals surface area contributed by atoms with Crippen LogP contribution < -0.4 is 5.32 Å². The van der Waals surface area contributed by atoms with E-state index in [9.17, 15) is 4.79 Å². The zero-order valence-corrected chi connectivity index (χ0v) is 12.7.